The molecule has 3 aromatic rings. The van der Waals surface area contributed by atoms with Crippen molar-refractivity contribution in [3.63, 3.8) is 0 Å². The van der Waals surface area contributed by atoms with Crippen molar-refractivity contribution in [2.24, 2.45) is 0 Å². The van der Waals surface area contributed by atoms with Gasteiger partial charge in [-0.25, -0.2) is 9.69 Å². The number of urea groups is 1. The van der Waals surface area contributed by atoms with Crippen LogP contribution in [0.5, 0.6) is 5.75 Å². The highest BCUT2D eigenvalue weighted by atomic mass is 79.9. The number of barbiturate groups is 1. The van der Waals surface area contributed by atoms with Gasteiger partial charge in [0.1, 0.15) is 17.9 Å². The summed E-state index contributed by atoms with van der Waals surface area (Å²) in [7, 11) is 0. The smallest absolute Gasteiger partial charge is 0.335 e. The number of halogens is 2. The number of ether oxygens (including phenoxy) is 1. The van der Waals surface area contributed by atoms with E-state index in [1.165, 1.54) is 6.08 Å². The zero-order chi connectivity index (χ0) is 23.5. The van der Waals surface area contributed by atoms with Crippen LogP contribution in [-0.2, 0) is 16.2 Å². The number of imide groups is 2. The summed E-state index contributed by atoms with van der Waals surface area (Å²) >= 11 is 9.56. The van der Waals surface area contributed by atoms with Crippen molar-refractivity contribution >= 4 is 57.1 Å². The normalized spacial score (nSPS) is 15.1. The molecule has 0 atom stereocenters. The van der Waals surface area contributed by atoms with Crippen molar-refractivity contribution in [3.8, 4) is 5.75 Å². The second-order valence-electron chi connectivity index (χ2n) is 7.39. The third kappa shape index (κ3) is 5.16. The molecule has 0 saturated carbocycles. The van der Waals surface area contributed by atoms with Gasteiger partial charge in [-0.15, -0.1) is 0 Å². The summed E-state index contributed by atoms with van der Waals surface area (Å²) in [5.74, 6) is -1.07. The van der Waals surface area contributed by atoms with Gasteiger partial charge in [-0.2, -0.15) is 0 Å². The molecule has 4 amide bonds. The third-order valence-electron chi connectivity index (χ3n) is 4.94. The second-order valence-corrected chi connectivity index (χ2v) is 8.75. The minimum Gasteiger partial charge on any atom is -0.488 e. The summed E-state index contributed by atoms with van der Waals surface area (Å²) in [5, 5.41) is 2.64. The number of rotatable bonds is 5. The van der Waals surface area contributed by atoms with Crippen molar-refractivity contribution < 1.29 is 19.1 Å². The molecule has 1 fully saturated rings. The summed E-state index contributed by atoms with van der Waals surface area (Å²) in [5.41, 5.74) is 2.42. The van der Waals surface area contributed by atoms with Crippen LogP contribution < -0.4 is 15.0 Å². The summed E-state index contributed by atoms with van der Waals surface area (Å²) in [6.07, 6.45) is 1.38. The van der Waals surface area contributed by atoms with Gasteiger partial charge in [0.2, 0.25) is 0 Å². The maximum absolute atomic E-state index is 13.2. The number of amides is 4. The van der Waals surface area contributed by atoms with Crippen molar-refractivity contribution in [1.29, 1.82) is 0 Å². The summed E-state index contributed by atoms with van der Waals surface area (Å²) in [4.78, 5) is 39.1. The number of nitrogens with zero attached hydrogens (tertiary/aromatic N) is 1. The molecule has 8 heteroatoms. The Hall–Kier alpha value is -3.42. The first-order valence-corrected chi connectivity index (χ1v) is 11.1. The minimum absolute atomic E-state index is 0.202. The van der Waals surface area contributed by atoms with Crippen molar-refractivity contribution in [1.82, 2.24) is 5.32 Å². The fraction of sp³-hybridized carbons (Fsp3) is 0.0800. The topological polar surface area (TPSA) is 75.7 Å². The number of hydrogen-bond donors (Lipinski definition) is 1. The number of benzene rings is 3. The maximum atomic E-state index is 13.2. The van der Waals surface area contributed by atoms with E-state index in [9.17, 15) is 14.4 Å². The van der Waals surface area contributed by atoms with E-state index in [1.807, 2.05) is 37.3 Å². The van der Waals surface area contributed by atoms with Crippen molar-refractivity contribution in [3.05, 3.63) is 98.5 Å². The lowest BCUT2D eigenvalue weighted by Gasteiger charge is -2.26. The lowest BCUT2D eigenvalue weighted by atomic mass is 10.1. The SMILES string of the molecule is Cc1cccc(N2C(=O)NC(=O)/C(=C\c3cc(Cl)ccc3OCc3ccc(Br)cc3)C2=O)c1. The van der Waals surface area contributed by atoms with Crippen LogP contribution in [0.1, 0.15) is 16.7 Å². The molecule has 0 aliphatic carbocycles. The standard InChI is InChI=1S/C25H18BrClN2O4/c1-15-3-2-4-20(11-15)29-24(31)21(23(30)28-25(29)32)13-17-12-19(27)9-10-22(17)33-14-16-5-7-18(26)8-6-16/h2-13H,14H2,1H3,(H,28,30,32)/b21-13+. The predicted octanol–water partition coefficient (Wildman–Crippen LogP) is 5.66. The highest BCUT2D eigenvalue weighted by Crippen LogP contribution is 2.29. The molecule has 0 spiro atoms. The van der Waals surface area contributed by atoms with Crippen LogP contribution in [0.3, 0.4) is 0 Å². The Kier molecular flexibility index (Phi) is 6.62. The number of anilines is 1. The van der Waals surface area contributed by atoms with Crippen molar-refractivity contribution in [2.45, 2.75) is 13.5 Å². The highest BCUT2D eigenvalue weighted by Gasteiger charge is 2.37. The van der Waals surface area contributed by atoms with E-state index in [0.717, 1.165) is 20.5 Å². The maximum Gasteiger partial charge on any atom is 0.335 e. The van der Waals surface area contributed by atoms with Crippen LogP contribution in [0.2, 0.25) is 5.02 Å². The lowest BCUT2D eigenvalue weighted by molar-refractivity contribution is -0.122. The van der Waals surface area contributed by atoms with Gasteiger partial charge in [0.15, 0.2) is 0 Å². The van der Waals surface area contributed by atoms with Crippen molar-refractivity contribution in [2.75, 3.05) is 4.90 Å². The zero-order valence-corrected chi connectivity index (χ0v) is 19.8. The average Bonchev–Trinajstić information content (AvgIpc) is 2.77. The van der Waals surface area contributed by atoms with Crippen LogP contribution >= 0.6 is 27.5 Å². The molecule has 6 nitrogen and oxygen atoms in total. The zero-order valence-electron chi connectivity index (χ0n) is 17.5. The lowest BCUT2D eigenvalue weighted by Crippen LogP contribution is -2.54. The highest BCUT2D eigenvalue weighted by molar-refractivity contribution is 9.10. The fourth-order valence-electron chi connectivity index (χ4n) is 3.32. The molecule has 3 aromatic carbocycles. The van der Waals surface area contributed by atoms with Gasteiger partial charge >= 0.3 is 6.03 Å². The Balaban J connectivity index is 1.67. The molecule has 4 rings (SSSR count). The number of hydrogen-bond acceptors (Lipinski definition) is 4. The Morgan fingerprint density at radius 1 is 1.03 bits per heavy atom. The Morgan fingerprint density at radius 2 is 1.79 bits per heavy atom. The summed E-state index contributed by atoms with van der Waals surface area (Å²) in [6.45, 7) is 2.12. The minimum atomic E-state index is -0.800. The van der Waals surface area contributed by atoms with Gasteiger partial charge in [0, 0.05) is 15.1 Å². The number of nitrogens with one attached hydrogen (secondary N) is 1. The van der Waals surface area contributed by atoms with Crippen LogP contribution in [0, 0.1) is 6.92 Å². The van der Waals surface area contributed by atoms with E-state index in [4.69, 9.17) is 16.3 Å². The van der Waals surface area contributed by atoms with Gasteiger partial charge in [-0.1, -0.05) is 51.8 Å². The van der Waals surface area contributed by atoms with Gasteiger partial charge in [0.05, 0.1) is 5.69 Å². The molecule has 0 aromatic heterocycles. The summed E-state index contributed by atoms with van der Waals surface area (Å²) in [6, 6.07) is 18.7. The average molecular weight is 526 g/mol. The van der Waals surface area contributed by atoms with Crippen LogP contribution in [0.4, 0.5) is 10.5 Å². The molecule has 166 valence electrons. The molecule has 33 heavy (non-hydrogen) atoms. The first kappa shape index (κ1) is 22.8. The molecule has 1 saturated heterocycles. The predicted molar refractivity (Wildman–Crippen MR) is 130 cm³/mol. The first-order chi connectivity index (χ1) is 15.8. The number of carbonyl (C=O) groups excluding carboxylic acids is 3. The van der Waals surface area contributed by atoms with E-state index in [1.54, 1.807) is 36.4 Å². The molecule has 0 radical (unpaired) electrons. The molecule has 1 aliphatic rings. The number of carbonyl (C=O) groups is 3. The largest absolute Gasteiger partial charge is 0.488 e. The van der Waals surface area contributed by atoms with E-state index >= 15 is 0 Å². The first-order valence-electron chi connectivity index (χ1n) is 9.97. The molecule has 1 N–H and O–H groups in total. The molecular formula is C25H18BrClN2O4. The van der Waals surface area contributed by atoms with Gasteiger partial charge in [0.25, 0.3) is 11.8 Å². The van der Waals surface area contributed by atoms with Gasteiger partial charge < -0.3 is 4.74 Å². The van der Waals surface area contributed by atoms with E-state index in [0.29, 0.717) is 22.0 Å². The van der Waals surface area contributed by atoms with Crippen LogP contribution in [-0.4, -0.2) is 17.8 Å². The molecule has 0 bridgehead atoms. The Bertz CT molecular complexity index is 1290. The number of aryl methyl sites for hydroxylation is 1. The van der Waals surface area contributed by atoms with Gasteiger partial charge in [-0.3, -0.25) is 14.9 Å². The molecule has 1 aliphatic heterocycles. The Labute approximate surface area is 203 Å². The molecule has 0 unspecified atom stereocenters. The molecule has 1 heterocycles. The Morgan fingerprint density at radius 3 is 2.52 bits per heavy atom. The van der Waals surface area contributed by atoms with E-state index in [2.05, 4.69) is 21.2 Å². The van der Waals surface area contributed by atoms with Crippen LogP contribution in [0.25, 0.3) is 6.08 Å². The second kappa shape index (κ2) is 9.60. The molecular weight excluding hydrogens is 508 g/mol. The quantitative estimate of drug-likeness (QED) is 0.345. The fourth-order valence-corrected chi connectivity index (χ4v) is 3.76. The monoisotopic (exact) mass is 524 g/mol. The third-order valence-corrected chi connectivity index (χ3v) is 5.70. The van der Waals surface area contributed by atoms with Gasteiger partial charge in [-0.05, 0) is 66.6 Å². The summed E-state index contributed by atoms with van der Waals surface area (Å²) < 4.78 is 6.89. The van der Waals surface area contributed by atoms with Crippen LogP contribution in [0.15, 0.2) is 76.8 Å². The van der Waals surface area contributed by atoms with E-state index < -0.39 is 17.8 Å². The van der Waals surface area contributed by atoms with E-state index in [-0.39, 0.29) is 12.2 Å².